The lowest BCUT2D eigenvalue weighted by Gasteiger charge is -2.35. The minimum Gasteiger partial charge on any atom is -0.378 e. The molecule has 0 aromatic heterocycles. The predicted octanol–water partition coefficient (Wildman–Crippen LogP) is 4.71. The van der Waals surface area contributed by atoms with Crippen molar-refractivity contribution in [3.05, 3.63) is 59.7 Å². The molecule has 0 aliphatic carbocycles. The number of ether oxygens (including phenoxy) is 1. The van der Waals surface area contributed by atoms with E-state index in [-0.39, 0.29) is 18.5 Å². The summed E-state index contributed by atoms with van der Waals surface area (Å²) in [6, 6.07) is 13.0. The highest BCUT2D eigenvalue weighted by Crippen LogP contribution is 2.34. The van der Waals surface area contributed by atoms with Crippen molar-refractivity contribution < 1.29 is 22.7 Å². The van der Waals surface area contributed by atoms with E-state index >= 15 is 0 Å². The van der Waals surface area contributed by atoms with E-state index in [0.717, 1.165) is 68.0 Å². The Morgan fingerprint density at radius 2 is 1.66 bits per heavy atom. The molecular weight excluding hydrogens is 419 g/mol. The molecule has 1 amide bonds. The molecular formula is C24H28F3N3O2. The number of piperidine rings is 1. The first-order chi connectivity index (χ1) is 15.4. The van der Waals surface area contributed by atoms with E-state index in [1.165, 1.54) is 12.1 Å². The van der Waals surface area contributed by atoms with E-state index in [0.29, 0.717) is 13.2 Å². The van der Waals surface area contributed by atoms with Crippen LogP contribution in [0.4, 0.5) is 24.5 Å². The molecule has 4 rings (SSSR count). The number of carbonyl (C=O) groups is 1. The molecule has 2 heterocycles. The Kier molecular flexibility index (Phi) is 7.01. The van der Waals surface area contributed by atoms with Gasteiger partial charge in [0.05, 0.1) is 25.3 Å². The number of morpholine rings is 1. The third-order valence-electron chi connectivity index (χ3n) is 6.11. The number of nitrogens with zero attached hydrogens (tertiary/aromatic N) is 2. The topological polar surface area (TPSA) is 44.8 Å². The molecule has 172 valence electrons. The van der Waals surface area contributed by atoms with E-state index in [1.807, 2.05) is 24.3 Å². The Bertz CT molecular complexity index is 894. The number of halogens is 3. The number of hydrogen-bond donors (Lipinski definition) is 1. The molecule has 0 saturated carbocycles. The van der Waals surface area contributed by atoms with Gasteiger partial charge in [-0.3, -0.25) is 9.69 Å². The number of likely N-dealkylation sites (tertiary alicyclic amines) is 1. The van der Waals surface area contributed by atoms with Gasteiger partial charge in [0.2, 0.25) is 5.91 Å². The molecule has 2 fully saturated rings. The maximum Gasteiger partial charge on any atom is 0.416 e. The molecule has 5 nitrogen and oxygen atoms in total. The fourth-order valence-corrected chi connectivity index (χ4v) is 4.41. The highest BCUT2D eigenvalue weighted by atomic mass is 19.4. The van der Waals surface area contributed by atoms with Gasteiger partial charge in [0.15, 0.2) is 0 Å². The molecule has 2 aromatic carbocycles. The van der Waals surface area contributed by atoms with Gasteiger partial charge < -0.3 is 15.0 Å². The number of benzene rings is 2. The Balaban J connectivity index is 1.37. The number of carbonyl (C=O) groups excluding carboxylic acids is 1. The molecule has 2 aliphatic heterocycles. The number of amides is 1. The normalized spacial score (nSPS) is 20.2. The van der Waals surface area contributed by atoms with Crippen LogP contribution in [0.25, 0.3) is 0 Å². The summed E-state index contributed by atoms with van der Waals surface area (Å²) in [5.74, 6) is -0.122. The van der Waals surface area contributed by atoms with Crippen molar-refractivity contribution in [2.24, 2.45) is 0 Å². The zero-order valence-electron chi connectivity index (χ0n) is 17.9. The van der Waals surface area contributed by atoms with Crippen LogP contribution in [0.2, 0.25) is 0 Å². The molecule has 1 unspecified atom stereocenters. The first-order valence-electron chi connectivity index (χ1n) is 11.0. The number of hydrogen-bond acceptors (Lipinski definition) is 4. The third kappa shape index (κ3) is 5.61. The van der Waals surface area contributed by atoms with E-state index in [2.05, 4.69) is 15.1 Å². The number of rotatable bonds is 5. The lowest BCUT2D eigenvalue weighted by molar-refractivity contribution is -0.137. The Hall–Kier alpha value is -2.58. The van der Waals surface area contributed by atoms with Gasteiger partial charge in [-0.15, -0.1) is 0 Å². The summed E-state index contributed by atoms with van der Waals surface area (Å²) in [7, 11) is 0. The van der Waals surface area contributed by atoms with E-state index in [1.54, 1.807) is 0 Å². The molecule has 32 heavy (non-hydrogen) atoms. The molecule has 0 radical (unpaired) electrons. The lowest BCUT2D eigenvalue weighted by atomic mass is 9.94. The lowest BCUT2D eigenvalue weighted by Crippen LogP contribution is -2.39. The molecule has 2 aliphatic rings. The SMILES string of the molecule is O=C(CN1CCCCC1c1ccc(C(F)(F)F)cc1)Nc1ccc(N2CCOCC2)cc1. The second-order valence-electron chi connectivity index (χ2n) is 8.30. The third-order valence-corrected chi connectivity index (χ3v) is 6.11. The summed E-state index contributed by atoms with van der Waals surface area (Å²) in [6.07, 6.45) is -1.56. The van der Waals surface area contributed by atoms with Crippen molar-refractivity contribution in [2.45, 2.75) is 31.5 Å². The van der Waals surface area contributed by atoms with Crippen molar-refractivity contribution in [3.63, 3.8) is 0 Å². The second-order valence-corrected chi connectivity index (χ2v) is 8.30. The van der Waals surface area contributed by atoms with Crippen LogP contribution in [0.5, 0.6) is 0 Å². The quantitative estimate of drug-likeness (QED) is 0.721. The van der Waals surface area contributed by atoms with Crippen LogP contribution in [-0.2, 0) is 15.7 Å². The standard InChI is InChI=1S/C24H28F3N3O2/c25-24(26,27)19-6-4-18(5-7-19)22-3-1-2-12-30(22)17-23(31)28-20-8-10-21(11-9-20)29-13-15-32-16-14-29/h4-11,22H,1-3,12-17H2,(H,28,31). The molecule has 0 bridgehead atoms. The maximum atomic E-state index is 12.9. The highest BCUT2D eigenvalue weighted by Gasteiger charge is 2.31. The molecule has 1 N–H and O–H groups in total. The van der Waals surface area contributed by atoms with Crippen LogP contribution < -0.4 is 10.2 Å². The minimum atomic E-state index is -4.35. The van der Waals surface area contributed by atoms with Gasteiger partial charge in [0, 0.05) is 30.5 Å². The Labute approximate surface area is 186 Å². The van der Waals surface area contributed by atoms with Crippen molar-refractivity contribution in [2.75, 3.05) is 49.6 Å². The van der Waals surface area contributed by atoms with Gasteiger partial charge >= 0.3 is 6.18 Å². The van der Waals surface area contributed by atoms with E-state index in [4.69, 9.17) is 4.74 Å². The van der Waals surface area contributed by atoms with Crippen LogP contribution >= 0.6 is 0 Å². The maximum absolute atomic E-state index is 12.9. The van der Waals surface area contributed by atoms with Crippen LogP contribution in [0.15, 0.2) is 48.5 Å². The number of alkyl halides is 3. The molecule has 2 saturated heterocycles. The van der Waals surface area contributed by atoms with Gasteiger partial charge in [-0.2, -0.15) is 13.2 Å². The van der Waals surface area contributed by atoms with Gasteiger partial charge in [0.1, 0.15) is 0 Å². The molecule has 1 atom stereocenters. The van der Waals surface area contributed by atoms with Gasteiger partial charge in [-0.25, -0.2) is 0 Å². The monoisotopic (exact) mass is 447 g/mol. The van der Waals surface area contributed by atoms with Gasteiger partial charge in [-0.1, -0.05) is 18.6 Å². The average Bonchev–Trinajstić information content (AvgIpc) is 2.80. The zero-order valence-corrected chi connectivity index (χ0v) is 17.9. The number of nitrogens with one attached hydrogen (secondary N) is 1. The predicted molar refractivity (Wildman–Crippen MR) is 118 cm³/mol. The summed E-state index contributed by atoms with van der Waals surface area (Å²) in [6.45, 7) is 4.09. The first kappa shape index (κ1) is 22.6. The summed E-state index contributed by atoms with van der Waals surface area (Å²) >= 11 is 0. The van der Waals surface area contributed by atoms with Gasteiger partial charge in [0.25, 0.3) is 0 Å². The highest BCUT2D eigenvalue weighted by molar-refractivity contribution is 5.92. The fraction of sp³-hybridized carbons (Fsp3) is 0.458. The largest absolute Gasteiger partial charge is 0.416 e. The van der Waals surface area contributed by atoms with Crippen molar-refractivity contribution >= 4 is 17.3 Å². The van der Waals surface area contributed by atoms with Gasteiger partial charge in [-0.05, 0) is 61.3 Å². The summed E-state index contributed by atoms with van der Waals surface area (Å²) in [5.41, 5.74) is 2.00. The van der Waals surface area contributed by atoms with Crippen molar-refractivity contribution in [3.8, 4) is 0 Å². The fourth-order valence-electron chi connectivity index (χ4n) is 4.41. The minimum absolute atomic E-state index is 0.0551. The van der Waals surface area contributed by atoms with E-state index in [9.17, 15) is 18.0 Å². The molecule has 0 spiro atoms. The first-order valence-corrected chi connectivity index (χ1v) is 11.0. The summed E-state index contributed by atoms with van der Waals surface area (Å²) in [4.78, 5) is 17.0. The number of anilines is 2. The smallest absolute Gasteiger partial charge is 0.378 e. The Morgan fingerprint density at radius 1 is 0.969 bits per heavy atom. The zero-order chi connectivity index (χ0) is 22.6. The van der Waals surface area contributed by atoms with Crippen LogP contribution in [0.3, 0.4) is 0 Å². The average molecular weight is 448 g/mol. The van der Waals surface area contributed by atoms with Crippen LogP contribution in [0, 0.1) is 0 Å². The summed E-state index contributed by atoms with van der Waals surface area (Å²) in [5, 5.41) is 2.95. The van der Waals surface area contributed by atoms with E-state index < -0.39 is 11.7 Å². The molecule has 2 aromatic rings. The summed E-state index contributed by atoms with van der Waals surface area (Å²) < 4.78 is 44.0. The van der Waals surface area contributed by atoms with Crippen LogP contribution in [-0.4, -0.2) is 50.2 Å². The Morgan fingerprint density at radius 3 is 2.31 bits per heavy atom. The molecule has 8 heteroatoms. The van der Waals surface area contributed by atoms with Crippen molar-refractivity contribution in [1.29, 1.82) is 0 Å². The van der Waals surface area contributed by atoms with Crippen molar-refractivity contribution in [1.82, 2.24) is 4.90 Å². The van der Waals surface area contributed by atoms with Crippen LogP contribution in [0.1, 0.15) is 36.4 Å². The second kappa shape index (κ2) is 9.92.